The highest BCUT2D eigenvalue weighted by molar-refractivity contribution is 8.00. The molecule has 0 aliphatic carbocycles. The second-order valence-corrected chi connectivity index (χ2v) is 6.56. The fourth-order valence-corrected chi connectivity index (χ4v) is 3.54. The summed E-state index contributed by atoms with van der Waals surface area (Å²) in [5.74, 6) is -0.323. The summed E-state index contributed by atoms with van der Waals surface area (Å²) in [6.07, 6.45) is 0.214. The molecule has 4 nitrogen and oxygen atoms in total. The van der Waals surface area contributed by atoms with Crippen LogP contribution in [0.3, 0.4) is 0 Å². The molecule has 1 fully saturated rings. The van der Waals surface area contributed by atoms with E-state index < -0.39 is 5.25 Å². The van der Waals surface area contributed by atoms with Crippen molar-refractivity contribution >= 4 is 35.0 Å². The Morgan fingerprint density at radius 2 is 1.86 bits per heavy atom. The Hall–Kier alpha value is -2.27. The van der Waals surface area contributed by atoms with Crippen LogP contribution in [0.2, 0.25) is 0 Å². The Labute approximate surface area is 133 Å². The Morgan fingerprint density at radius 3 is 2.55 bits per heavy atom. The maximum Gasteiger partial charge on any atom is 0.247 e. The van der Waals surface area contributed by atoms with Gasteiger partial charge in [0.2, 0.25) is 11.8 Å². The molecule has 2 aromatic rings. The van der Waals surface area contributed by atoms with Gasteiger partial charge in [0.05, 0.1) is 10.9 Å². The lowest BCUT2D eigenvalue weighted by Gasteiger charge is -2.15. The fraction of sp³-hybridized carbons (Fsp3) is 0.176. The number of nitrogens with zero attached hydrogens (tertiary/aromatic N) is 1. The third kappa shape index (κ3) is 2.85. The van der Waals surface area contributed by atoms with E-state index in [4.69, 9.17) is 5.73 Å². The predicted molar refractivity (Wildman–Crippen MR) is 88.8 cm³/mol. The minimum absolute atomic E-state index is 0.157. The zero-order valence-electron chi connectivity index (χ0n) is 12.2. The van der Waals surface area contributed by atoms with Gasteiger partial charge < -0.3 is 5.73 Å². The highest BCUT2D eigenvalue weighted by atomic mass is 32.2. The van der Waals surface area contributed by atoms with E-state index in [1.54, 1.807) is 18.2 Å². The van der Waals surface area contributed by atoms with E-state index in [0.29, 0.717) is 11.4 Å². The number of anilines is 2. The lowest BCUT2D eigenvalue weighted by molar-refractivity contribution is -0.121. The molecular formula is C17H16N2O2S. The molecule has 2 amide bonds. The number of rotatable bonds is 3. The first-order chi connectivity index (χ1) is 10.5. The van der Waals surface area contributed by atoms with Gasteiger partial charge >= 0.3 is 0 Å². The molecule has 1 saturated heterocycles. The standard InChI is InChI=1S/C17H16N2O2S/c1-11-5-7-13(8-6-11)19-16(20)10-15(17(19)21)22-14-4-2-3-12(18)9-14/h2-9,15H,10,18H2,1H3/t15-/m0/s1. The topological polar surface area (TPSA) is 63.4 Å². The van der Waals surface area contributed by atoms with Gasteiger partial charge in [0.1, 0.15) is 0 Å². The normalized spacial score (nSPS) is 18.0. The molecule has 2 aromatic carbocycles. The number of nitrogens with two attached hydrogens (primary N) is 1. The van der Waals surface area contributed by atoms with Crippen LogP contribution in [-0.4, -0.2) is 17.1 Å². The van der Waals surface area contributed by atoms with E-state index in [-0.39, 0.29) is 18.2 Å². The summed E-state index contributed by atoms with van der Waals surface area (Å²) in [6.45, 7) is 1.97. The van der Waals surface area contributed by atoms with Gasteiger partial charge in [0.25, 0.3) is 0 Å². The molecule has 1 aliphatic heterocycles. The molecule has 3 rings (SSSR count). The Balaban J connectivity index is 1.81. The van der Waals surface area contributed by atoms with Crippen LogP contribution >= 0.6 is 11.8 Å². The van der Waals surface area contributed by atoms with Gasteiger partial charge in [-0.1, -0.05) is 23.8 Å². The smallest absolute Gasteiger partial charge is 0.247 e. The van der Waals surface area contributed by atoms with E-state index in [0.717, 1.165) is 10.5 Å². The number of benzene rings is 2. The monoisotopic (exact) mass is 312 g/mol. The Bertz CT molecular complexity index is 728. The van der Waals surface area contributed by atoms with Crippen molar-refractivity contribution in [3.8, 4) is 0 Å². The maximum atomic E-state index is 12.5. The van der Waals surface area contributed by atoms with Crippen LogP contribution in [0.1, 0.15) is 12.0 Å². The number of nitrogen functional groups attached to an aromatic ring is 1. The number of amides is 2. The first-order valence-corrected chi connectivity index (χ1v) is 7.88. The largest absolute Gasteiger partial charge is 0.399 e. The second kappa shape index (κ2) is 5.85. The fourth-order valence-electron chi connectivity index (χ4n) is 2.41. The molecule has 1 aliphatic rings. The lowest BCUT2D eigenvalue weighted by atomic mass is 10.2. The first kappa shape index (κ1) is 14.7. The summed E-state index contributed by atoms with van der Waals surface area (Å²) >= 11 is 1.39. The average molecular weight is 312 g/mol. The van der Waals surface area contributed by atoms with Gasteiger partial charge in [-0.15, -0.1) is 11.8 Å². The van der Waals surface area contributed by atoms with Crippen LogP contribution in [0.5, 0.6) is 0 Å². The summed E-state index contributed by atoms with van der Waals surface area (Å²) < 4.78 is 0. The summed E-state index contributed by atoms with van der Waals surface area (Å²) in [4.78, 5) is 26.9. The molecule has 2 N–H and O–H groups in total. The highest BCUT2D eigenvalue weighted by Gasteiger charge is 2.40. The van der Waals surface area contributed by atoms with Gasteiger partial charge in [0.15, 0.2) is 0 Å². The van der Waals surface area contributed by atoms with Crippen LogP contribution in [0, 0.1) is 6.92 Å². The molecule has 1 atom stereocenters. The zero-order valence-corrected chi connectivity index (χ0v) is 13.0. The Morgan fingerprint density at radius 1 is 1.14 bits per heavy atom. The van der Waals surface area contributed by atoms with Gasteiger partial charge in [-0.05, 0) is 37.3 Å². The van der Waals surface area contributed by atoms with Crippen molar-refractivity contribution in [2.45, 2.75) is 23.5 Å². The van der Waals surface area contributed by atoms with E-state index in [2.05, 4.69) is 0 Å². The van der Waals surface area contributed by atoms with Gasteiger partial charge in [-0.2, -0.15) is 0 Å². The van der Waals surface area contributed by atoms with Crippen LogP contribution in [0.15, 0.2) is 53.4 Å². The summed E-state index contributed by atoms with van der Waals surface area (Å²) in [6, 6.07) is 14.8. The summed E-state index contributed by atoms with van der Waals surface area (Å²) in [5.41, 5.74) is 8.13. The second-order valence-electron chi connectivity index (χ2n) is 5.29. The van der Waals surface area contributed by atoms with Crippen LogP contribution in [0.25, 0.3) is 0 Å². The van der Waals surface area contributed by atoms with Gasteiger partial charge in [-0.25, -0.2) is 4.90 Å². The molecule has 0 spiro atoms. The van der Waals surface area contributed by atoms with Crippen molar-refractivity contribution in [3.63, 3.8) is 0 Å². The third-order valence-electron chi connectivity index (χ3n) is 3.53. The molecule has 0 aromatic heterocycles. The predicted octanol–water partition coefficient (Wildman–Crippen LogP) is 3.00. The van der Waals surface area contributed by atoms with E-state index >= 15 is 0 Å². The van der Waals surface area contributed by atoms with Gasteiger partial charge in [0, 0.05) is 17.0 Å². The molecule has 0 unspecified atom stereocenters. The van der Waals surface area contributed by atoms with Crippen molar-refractivity contribution in [1.82, 2.24) is 0 Å². The number of thioether (sulfide) groups is 1. The van der Waals surface area contributed by atoms with E-state index in [1.807, 2.05) is 37.3 Å². The third-order valence-corrected chi connectivity index (χ3v) is 4.71. The molecular weight excluding hydrogens is 296 g/mol. The first-order valence-electron chi connectivity index (χ1n) is 7.00. The quantitative estimate of drug-likeness (QED) is 0.699. The minimum atomic E-state index is -0.393. The van der Waals surface area contributed by atoms with Crippen molar-refractivity contribution in [1.29, 1.82) is 0 Å². The van der Waals surface area contributed by atoms with Crippen LogP contribution < -0.4 is 10.6 Å². The number of hydrogen-bond acceptors (Lipinski definition) is 4. The highest BCUT2D eigenvalue weighted by Crippen LogP contribution is 2.34. The molecule has 0 saturated carbocycles. The minimum Gasteiger partial charge on any atom is -0.399 e. The van der Waals surface area contributed by atoms with Crippen LogP contribution in [-0.2, 0) is 9.59 Å². The van der Waals surface area contributed by atoms with Crippen molar-refractivity contribution in [2.75, 3.05) is 10.6 Å². The zero-order chi connectivity index (χ0) is 15.7. The SMILES string of the molecule is Cc1ccc(N2C(=O)C[C@H](Sc3cccc(N)c3)C2=O)cc1. The maximum absolute atomic E-state index is 12.5. The molecule has 5 heteroatoms. The molecule has 22 heavy (non-hydrogen) atoms. The summed E-state index contributed by atoms with van der Waals surface area (Å²) in [7, 11) is 0. The van der Waals surface area contributed by atoms with E-state index in [1.165, 1.54) is 16.7 Å². The summed E-state index contributed by atoms with van der Waals surface area (Å²) in [5, 5.41) is -0.393. The number of imide groups is 1. The number of carbonyl (C=O) groups is 2. The number of carbonyl (C=O) groups excluding carboxylic acids is 2. The van der Waals surface area contributed by atoms with Crippen LogP contribution in [0.4, 0.5) is 11.4 Å². The molecule has 1 heterocycles. The lowest BCUT2D eigenvalue weighted by Crippen LogP contribution is -2.31. The van der Waals surface area contributed by atoms with Crippen molar-refractivity contribution < 1.29 is 9.59 Å². The molecule has 112 valence electrons. The van der Waals surface area contributed by atoms with Crippen molar-refractivity contribution in [3.05, 3.63) is 54.1 Å². The van der Waals surface area contributed by atoms with Crippen molar-refractivity contribution in [2.24, 2.45) is 0 Å². The number of hydrogen-bond donors (Lipinski definition) is 1. The number of aryl methyl sites for hydroxylation is 1. The average Bonchev–Trinajstić information content (AvgIpc) is 2.75. The molecule has 0 radical (unpaired) electrons. The van der Waals surface area contributed by atoms with Gasteiger partial charge in [-0.3, -0.25) is 9.59 Å². The van der Waals surface area contributed by atoms with E-state index in [9.17, 15) is 9.59 Å². The molecule has 0 bridgehead atoms. The Kier molecular flexibility index (Phi) is 3.90.